The van der Waals surface area contributed by atoms with Gasteiger partial charge >= 0.3 is 7.12 Å². The summed E-state index contributed by atoms with van der Waals surface area (Å²) in [5.41, 5.74) is 0.144. The van der Waals surface area contributed by atoms with Gasteiger partial charge in [-0.15, -0.1) is 0 Å². The Kier molecular flexibility index (Phi) is 5.34. The van der Waals surface area contributed by atoms with Crippen LogP contribution in [0.5, 0.6) is 0 Å². The largest absolute Gasteiger partial charge is 0.496 e. The van der Waals surface area contributed by atoms with Crippen LogP contribution in [0.1, 0.15) is 46.3 Å². The van der Waals surface area contributed by atoms with Crippen LogP contribution >= 0.6 is 0 Å². The molecule has 1 aliphatic heterocycles. The molecule has 0 bridgehead atoms. The highest BCUT2D eigenvalue weighted by Gasteiger charge is 2.51. The maximum Gasteiger partial charge on any atom is 0.496 e. The van der Waals surface area contributed by atoms with Crippen molar-refractivity contribution < 1.29 is 24.3 Å². The third-order valence-electron chi connectivity index (χ3n) is 4.57. The van der Waals surface area contributed by atoms with Gasteiger partial charge in [-0.3, -0.25) is 9.78 Å². The van der Waals surface area contributed by atoms with Gasteiger partial charge in [0.15, 0.2) is 0 Å². The zero-order chi connectivity index (χ0) is 18.1. The molecule has 2 rings (SSSR count). The lowest BCUT2D eigenvalue weighted by Crippen LogP contribution is -2.41. The highest BCUT2D eigenvalue weighted by atomic mass is 16.7. The molecule has 1 saturated heterocycles. The summed E-state index contributed by atoms with van der Waals surface area (Å²) in [4.78, 5) is 15.0. The van der Waals surface area contributed by atoms with Gasteiger partial charge in [0.05, 0.1) is 11.2 Å². The lowest BCUT2D eigenvalue weighted by molar-refractivity contribution is -0.119. The summed E-state index contributed by atoms with van der Waals surface area (Å²) in [5, 5.41) is 22.7. The van der Waals surface area contributed by atoms with Crippen molar-refractivity contribution in [2.45, 2.75) is 58.0 Å². The van der Waals surface area contributed by atoms with E-state index in [-0.39, 0.29) is 12.5 Å². The summed E-state index contributed by atoms with van der Waals surface area (Å²) >= 11 is 0. The highest BCUT2D eigenvalue weighted by molar-refractivity contribution is 6.62. The molecule has 1 aromatic rings. The quantitative estimate of drug-likeness (QED) is 0.650. The van der Waals surface area contributed by atoms with Crippen LogP contribution in [0, 0.1) is 0 Å². The molecular formula is C16H25BN2O5. The topological polar surface area (TPSA) is 101 Å². The molecule has 7 nitrogen and oxygen atoms in total. The van der Waals surface area contributed by atoms with Crippen LogP contribution in [-0.2, 0) is 14.1 Å². The number of aliphatic hydroxyl groups is 2. The first-order chi connectivity index (χ1) is 11.0. The predicted octanol–water partition coefficient (Wildman–Crippen LogP) is -0.0888. The van der Waals surface area contributed by atoms with Gasteiger partial charge in [-0.05, 0) is 27.7 Å². The Hall–Kier alpha value is -1.48. The summed E-state index contributed by atoms with van der Waals surface area (Å²) in [6.07, 6.45) is 0.769. The van der Waals surface area contributed by atoms with Crippen LogP contribution < -0.4 is 10.8 Å². The molecular weight excluding hydrogens is 311 g/mol. The van der Waals surface area contributed by atoms with Crippen molar-refractivity contribution in [2.24, 2.45) is 0 Å². The zero-order valence-electron chi connectivity index (χ0n) is 14.7. The average Bonchev–Trinajstić information content (AvgIpc) is 2.72. The molecule has 1 amide bonds. The first kappa shape index (κ1) is 18.9. The third-order valence-corrected chi connectivity index (χ3v) is 4.57. The molecule has 0 saturated carbocycles. The fourth-order valence-electron chi connectivity index (χ4n) is 2.33. The summed E-state index contributed by atoms with van der Waals surface area (Å²) in [6, 6.07) is 1.69. The number of hydrogen-bond acceptors (Lipinski definition) is 6. The highest BCUT2D eigenvalue weighted by Crippen LogP contribution is 2.36. The number of nitrogens with one attached hydrogen (secondary N) is 1. The van der Waals surface area contributed by atoms with Gasteiger partial charge in [0.2, 0.25) is 5.91 Å². The summed E-state index contributed by atoms with van der Waals surface area (Å²) in [7, 11) is -0.595. The second-order valence-corrected chi connectivity index (χ2v) is 7.09. The van der Waals surface area contributed by atoms with E-state index < -0.39 is 30.5 Å². The first-order valence-corrected chi connectivity index (χ1v) is 7.94. The molecule has 8 heteroatoms. The number of carbonyl (C=O) groups is 1. The normalized spacial score (nSPS) is 21.4. The molecule has 0 aliphatic carbocycles. The summed E-state index contributed by atoms with van der Waals surface area (Å²) in [5.74, 6) is -0.273. The van der Waals surface area contributed by atoms with Gasteiger partial charge in [0.1, 0.15) is 12.2 Å². The van der Waals surface area contributed by atoms with E-state index in [1.165, 1.54) is 13.1 Å². The number of amides is 1. The Bertz CT molecular complexity index is 592. The maximum atomic E-state index is 10.9. The van der Waals surface area contributed by atoms with E-state index in [2.05, 4.69) is 10.3 Å². The molecule has 2 unspecified atom stereocenters. The number of pyridine rings is 1. The van der Waals surface area contributed by atoms with Crippen molar-refractivity contribution in [3.63, 3.8) is 0 Å². The van der Waals surface area contributed by atoms with Gasteiger partial charge in [-0.2, -0.15) is 0 Å². The molecule has 2 heterocycles. The molecule has 132 valence electrons. The van der Waals surface area contributed by atoms with Gasteiger partial charge < -0.3 is 24.8 Å². The van der Waals surface area contributed by atoms with E-state index in [4.69, 9.17) is 9.31 Å². The van der Waals surface area contributed by atoms with Crippen LogP contribution in [0.15, 0.2) is 18.5 Å². The Balaban J connectivity index is 2.13. The number of aliphatic hydroxyl groups excluding tert-OH is 2. The first-order valence-electron chi connectivity index (χ1n) is 7.94. The minimum absolute atomic E-state index is 0.0444. The van der Waals surface area contributed by atoms with Crippen LogP contribution in [0.2, 0.25) is 0 Å². The summed E-state index contributed by atoms with van der Waals surface area (Å²) < 4.78 is 11.9. The maximum absolute atomic E-state index is 10.9. The lowest BCUT2D eigenvalue weighted by Gasteiger charge is -2.32. The van der Waals surface area contributed by atoms with E-state index in [0.717, 1.165) is 0 Å². The molecule has 1 fully saturated rings. The van der Waals surface area contributed by atoms with Crippen LogP contribution in [0.3, 0.4) is 0 Å². The molecule has 1 aromatic heterocycles. The molecule has 2 atom stereocenters. The Morgan fingerprint density at radius 3 is 2.38 bits per heavy atom. The Morgan fingerprint density at radius 2 is 1.83 bits per heavy atom. The standard InChI is InChI=1S/C16H25BN2O5/c1-10(20)19-9-13(21)14(22)11-6-12(8-18-7-11)17-23-15(2,3)16(4,5)24-17/h6-8,13-14,21-22H,9H2,1-5H3,(H,19,20). The van der Waals surface area contributed by atoms with Crippen molar-refractivity contribution in [1.82, 2.24) is 10.3 Å². The monoisotopic (exact) mass is 336 g/mol. The van der Waals surface area contributed by atoms with Gasteiger partial charge in [0.25, 0.3) is 0 Å². The van der Waals surface area contributed by atoms with E-state index in [0.29, 0.717) is 11.0 Å². The average molecular weight is 336 g/mol. The summed E-state index contributed by atoms with van der Waals surface area (Å²) in [6.45, 7) is 9.12. The van der Waals surface area contributed by atoms with Crippen LogP contribution in [0.4, 0.5) is 0 Å². The van der Waals surface area contributed by atoms with Crippen LogP contribution in [0.25, 0.3) is 0 Å². The minimum Gasteiger partial charge on any atom is -0.399 e. The van der Waals surface area contributed by atoms with Gasteiger partial charge in [0, 0.05) is 36.9 Å². The van der Waals surface area contributed by atoms with E-state index in [1.807, 2.05) is 27.7 Å². The van der Waals surface area contributed by atoms with Crippen LogP contribution in [-0.4, -0.2) is 52.1 Å². The van der Waals surface area contributed by atoms with Gasteiger partial charge in [-0.1, -0.05) is 6.07 Å². The number of nitrogens with zero attached hydrogens (tertiary/aromatic N) is 1. The van der Waals surface area contributed by atoms with E-state index in [1.54, 1.807) is 12.3 Å². The smallest absolute Gasteiger partial charge is 0.399 e. The number of aromatic nitrogens is 1. The number of carbonyl (C=O) groups excluding carboxylic acids is 1. The number of rotatable bonds is 5. The Labute approximate surface area is 142 Å². The minimum atomic E-state index is -1.17. The fourth-order valence-corrected chi connectivity index (χ4v) is 2.33. The lowest BCUT2D eigenvalue weighted by atomic mass is 9.79. The van der Waals surface area contributed by atoms with E-state index in [9.17, 15) is 15.0 Å². The molecule has 0 radical (unpaired) electrons. The molecule has 3 N–H and O–H groups in total. The fraction of sp³-hybridized carbons (Fsp3) is 0.625. The SMILES string of the molecule is CC(=O)NCC(O)C(O)c1cncc(B2OC(C)(C)C(C)(C)O2)c1. The van der Waals surface area contributed by atoms with Crippen molar-refractivity contribution in [3.05, 3.63) is 24.0 Å². The molecule has 1 aliphatic rings. The van der Waals surface area contributed by atoms with Crippen molar-refractivity contribution >= 4 is 18.5 Å². The zero-order valence-corrected chi connectivity index (χ0v) is 14.7. The van der Waals surface area contributed by atoms with E-state index >= 15 is 0 Å². The predicted molar refractivity (Wildman–Crippen MR) is 89.6 cm³/mol. The second kappa shape index (κ2) is 6.80. The van der Waals surface area contributed by atoms with Gasteiger partial charge in [-0.25, -0.2) is 0 Å². The Morgan fingerprint density at radius 1 is 1.25 bits per heavy atom. The molecule has 0 spiro atoms. The second-order valence-electron chi connectivity index (χ2n) is 7.09. The molecule has 24 heavy (non-hydrogen) atoms. The van der Waals surface area contributed by atoms with Crippen molar-refractivity contribution in [2.75, 3.05) is 6.54 Å². The molecule has 0 aromatic carbocycles. The van der Waals surface area contributed by atoms with Crippen molar-refractivity contribution in [3.8, 4) is 0 Å². The number of hydrogen-bond donors (Lipinski definition) is 3. The van der Waals surface area contributed by atoms with Crippen molar-refractivity contribution in [1.29, 1.82) is 0 Å². The third kappa shape index (κ3) is 3.95.